The molecule has 0 spiro atoms. The summed E-state index contributed by atoms with van der Waals surface area (Å²) in [4.78, 5) is 11.3. The molecule has 3 nitrogen and oxygen atoms in total. The maximum Gasteiger partial charge on any atom is 0.336 e. The molecule has 0 radical (unpaired) electrons. The molecule has 0 aliphatic carbocycles. The molecule has 18 heavy (non-hydrogen) atoms. The highest BCUT2D eigenvalue weighted by Gasteiger charge is 2.18. The first-order chi connectivity index (χ1) is 8.36. The van der Waals surface area contributed by atoms with E-state index in [1.54, 1.807) is 12.1 Å². The monoisotopic (exact) mass is 244 g/mol. The lowest BCUT2D eigenvalue weighted by Crippen LogP contribution is -2.06. The number of rotatable bonds is 1. The van der Waals surface area contributed by atoms with Crippen LogP contribution in [0.3, 0.4) is 0 Å². The summed E-state index contributed by atoms with van der Waals surface area (Å²) >= 11 is 0. The van der Waals surface area contributed by atoms with Crippen LogP contribution in [0.25, 0.3) is 10.8 Å². The van der Waals surface area contributed by atoms with Crippen molar-refractivity contribution in [3.05, 3.63) is 39.9 Å². The van der Waals surface area contributed by atoms with Gasteiger partial charge in [-0.3, -0.25) is 0 Å². The normalized spacial score (nSPS) is 10.9. The first kappa shape index (κ1) is 12.4. The molecule has 0 heterocycles. The van der Waals surface area contributed by atoms with Crippen molar-refractivity contribution in [2.45, 2.75) is 27.7 Å². The maximum absolute atomic E-state index is 11.3. The predicted octanol–water partition coefficient (Wildman–Crippen LogP) is 3.48. The first-order valence-electron chi connectivity index (χ1n) is 5.81. The van der Waals surface area contributed by atoms with Crippen LogP contribution in [-0.4, -0.2) is 16.2 Å². The summed E-state index contributed by atoms with van der Waals surface area (Å²) in [6, 6.07) is 3.40. The zero-order valence-electron chi connectivity index (χ0n) is 11.0. The number of phenolic OH excluding ortho intramolecular Hbond substituents is 1. The van der Waals surface area contributed by atoms with Crippen molar-refractivity contribution in [1.82, 2.24) is 0 Å². The molecule has 2 rings (SSSR count). The molecule has 0 aromatic heterocycles. The third kappa shape index (κ3) is 1.55. The summed E-state index contributed by atoms with van der Waals surface area (Å²) in [5.74, 6) is -0.659. The molecule has 2 aromatic carbocycles. The van der Waals surface area contributed by atoms with E-state index in [9.17, 15) is 15.0 Å². The van der Waals surface area contributed by atoms with Gasteiger partial charge in [-0.1, -0.05) is 6.07 Å². The van der Waals surface area contributed by atoms with Crippen LogP contribution < -0.4 is 0 Å². The largest absolute Gasteiger partial charge is 0.508 e. The van der Waals surface area contributed by atoms with Gasteiger partial charge in [-0.2, -0.15) is 0 Å². The Labute approximate surface area is 106 Å². The van der Waals surface area contributed by atoms with Gasteiger partial charge in [-0.05, 0) is 66.8 Å². The van der Waals surface area contributed by atoms with Crippen LogP contribution in [0.1, 0.15) is 32.6 Å². The number of hydrogen-bond acceptors (Lipinski definition) is 2. The highest BCUT2D eigenvalue weighted by atomic mass is 16.4. The SMILES string of the molecule is Cc1c(C(=O)O)c(C)c2ccc(O)c(C)c2c1C. The van der Waals surface area contributed by atoms with E-state index in [4.69, 9.17) is 0 Å². The van der Waals surface area contributed by atoms with E-state index in [1.165, 1.54) is 0 Å². The summed E-state index contributed by atoms with van der Waals surface area (Å²) < 4.78 is 0. The van der Waals surface area contributed by atoms with Crippen LogP contribution in [0.15, 0.2) is 12.1 Å². The van der Waals surface area contributed by atoms with Gasteiger partial charge in [0.25, 0.3) is 0 Å². The number of aromatic hydroxyl groups is 1. The molecule has 0 aliphatic heterocycles. The van der Waals surface area contributed by atoms with Crippen LogP contribution in [0.5, 0.6) is 5.75 Å². The van der Waals surface area contributed by atoms with Gasteiger partial charge in [-0.25, -0.2) is 4.79 Å². The van der Waals surface area contributed by atoms with Gasteiger partial charge in [0.1, 0.15) is 5.75 Å². The zero-order valence-corrected chi connectivity index (χ0v) is 11.0. The molecule has 3 heteroatoms. The lowest BCUT2D eigenvalue weighted by atomic mass is 9.89. The number of aryl methyl sites for hydroxylation is 3. The quantitative estimate of drug-likeness (QED) is 0.807. The third-order valence-electron chi connectivity index (χ3n) is 3.74. The molecule has 0 atom stereocenters. The van der Waals surface area contributed by atoms with Crippen molar-refractivity contribution in [3.8, 4) is 5.75 Å². The van der Waals surface area contributed by atoms with Crippen molar-refractivity contribution >= 4 is 16.7 Å². The second-order valence-corrected chi connectivity index (χ2v) is 4.69. The van der Waals surface area contributed by atoms with E-state index in [0.29, 0.717) is 5.56 Å². The highest BCUT2D eigenvalue weighted by molar-refractivity contribution is 6.02. The Hall–Kier alpha value is -2.03. The molecule has 0 saturated carbocycles. The molecule has 0 amide bonds. The number of phenols is 1. The number of carboxylic acids is 1. The third-order valence-corrected chi connectivity index (χ3v) is 3.74. The smallest absolute Gasteiger partial charge is 0.336 e. The van der Waals surface area contributed by atoms with Crippen molar-refractivity contribution in [1.29, 1.82) is 0 Å². The minimum atomic E-state index is -0.902. The molecule has 0 saturated heterocycles. The number of aromatic carboxylic acids is 1. The van der Waals surface area contributed by atoms with Crippen molar-refractivity contribution in [2.24, 2.45) is 0 Å². The lowest BCUT2D eigenvalue weighted by Gasteiger charge is -2.16. The summed E-state index contributed by atoms with van der Waals surface area (Å²) in [6.07, 6.45) is 0. The van der Waals surface area contributed by atoms with Crippen LogP contribution in [0.4, 0.5) is 0 Å². The van der Waals surface area contributed by atoms with Crippen molar-refractivity contribution in [3.63, 3.8) is 0 Å². The second-order valence-electron chi connectivity index (χ2n) is 4.69. The first-order valence-corrected chi connectivity index (χ1v) is 5.81. The van der Waals surface area contributed by atoms with Gasteiger partial charge >= 0.3 is 5.97 Å². The van der Waals surface area contributed by atoms with E-state index in [1.807, 2.05) is 27.7 Å². The Balaban J connectivity index is 3.07. The Morgan fingerprint density at radius 1 is 0.944 bits per heavy atom. The fourth-order valence-electron chi connectivity index (χ4n) is 2.61. The number of benzene rings is 2. The fraction of sp³-hybridized carbons (Fsp3) is 0.267. The number of hydrogen-bond donors (Lipinski definition) is 2. The molecule has 0 fully saturated rings. The van der Waals surface area contributed by atoms with Gasteiger partial charge in [-0.15, -0.1) is 0 Å². The highest BCUT2D eigenvalue weighted by Crippen LogP contribution is 2.35. The molecular formula is C15H16O3. The minimum absolute atomic E-state index is 0.243. The molecule has 0 unspecified atom stereocenters. The van der Waals surface area contributed by atoms with Crippen molar-refractivity contribution < 1.29 is 15.0 Å². The Morgan fingerprint density at radius 2 is 1.56 bits per heavy atom. The summed E-state index contributed by atoms with van der Waals surface area (Å²) in [6.45, 7) is 7.38. The number of carbonyl (C=O) groups is 1. The van der Waals surface area contributed by atoms with Gasteiger partial charge in [0, 0.05) is 0 Å². The van der Waals surface area contributed by atoms with Crippen molar-refractivity contribution in [2.75, 3.05) is 0 Å². The van der Waals surface area contributed by atoms with Gasteiger partial charge in [0.05, 0.1) is 5.56 Å². The summed E-state index contributed by atoms with van der Waals surface area (Å²) in [7, 11) is 0. The molecule has 2 aromatic rings. The van der Waals surface area contributed by atoms with Crippen LogP contribution in [0.2, 0.25) is 0 Å². The van der Waals surface area contributed by atoms with E-state index in [0.717, 1.165) is 33.0 Å². The minimum Gasteiger partial charge on any atom is -0.508 e. The van der Waals surface area contributed by atoms with Crippen LogP contribution in [0, 0.1) is 27.7 Å². The van der Waals surface area contributed by atoms with Crippen LogP contribution in [-0.2, 0) is 0 Å². The van der Waals surface area contributed by atoms with Crippen LogP contribution >= 0.6 is 0 Å². The van der Waals surface area contributed by atoms with E-state index < -0.39 is 5.97 Å². The van der Waals surface area contributed by atoms with E-state index in [2.05, 4.69) is 0 Å². The average Bonchev–Trinajstić information content (AvgIpc) is 2.29. The van der Waals surface area contributed by atoms with Gasteiger partial charge in [0.2, 0.25) is 0 Å². The maximum atomic E-state index is 11.3. The zero-order chi connectivity index (χ0) is 13.6. The average molecular weight is 244 g/mol. The number of carboxylic acid groups (broad SMARTS) is 1. The standard InChI is InChI=1S/C15H16O3/c1-7-8(2)14(15(17)18)9(3)11-5-6-12(16)10(4)13(7)11/h5-6,16H,1-4H3,(H,17,18). The molecule has 2 N–H and O–H groups in total. The summed E-state index contributed by atoms with van der Waals surface area (Å²) in [5.41, 5.74) is 3.60. The lowest BCUT2D eigenvalue weighted by molar-refractivity contribution is 0.0695. The van der Waals surface area contributed by atoms with E-state index >= 15 is 0 Å². The Kier molecular flexibility index (Phi) is 2.77. The van der Waals surface area contributed by atoms with Gasteiger partial charge in [0.15, 0.2) is 0 Å². The number of fused-ring (bicyclic) bond motifs is 1. The predicted molar refractivity (Wildman–Crippen MR) is 71.5 cm³/mol. The molecule has 0 aliphatic rings. The summed E-state index contributed by atoms with van der Waals surface area (Å²) in [5, 5.41) is 20.9. The van der Waals surface area contributed by atoms with E-state index in [-0.39, 0.29) is 5.75 Å². The molecular weight excluding hydrogens is 228 g/mol. The van der Waals surface area contributed by atoms with Gasteiger partial charge < -0.3 is 10.2 Å². The molecule has 94 valence electrons. The Morgan fingerprint density at radius 3 is 2.11 bits per heavy atom. The Bertz CT molecular complexity index is 669. The molecule has 0 bridgehead atoms. The second kappa shape index (κ2) is 4.02. The fourth-order valence-corrected chi connectivity index (χ4v) is 2.61. The topological polar surface area (TPSA) is 57.5 Å².